The first kappa shape index (κ1) is 19.6. The molecule has 1 unspecified atom stereocenters. The van der Waals surface area contributed by atoms with Crippen LogP contribution in [-0.4, -0.2) is 29.1 Å². The molecule has 152 valence electrons. The van der Waals surface area contributed by atoms with Gasteiger partial charge in [-0.25, -0.2) is 4.39 Å². The van der Waals surface area contributed by atoms with Gasteiger partial charge < -0.3 is 14.1 Å². The maximum atomic E-state index is 13.0. The van der Waals surface area contributed by atoms with Gasteiger partial charge in [-0.3, -0.25) is 14.4 Å². The number of ketones is 1. The summed E-state index contributed by atoms with van der Waals surface area (Å²) in [5, 5.41) is 0. The van der Waals surface area contributed by atoms with Gasteiger partial charge in [-0.05, 0) is 60.7 Å². The van der Waals surface area contributed by atoms with E-state index in [-0.39, 0.29) is 30.4 Å². The highest BCUT2D eigenvalue weighted by Gasteiger charge is 2.36. The predicted molar refractivity (Wildman–Crippen MR) is 104 cm³/mol. The molecule has 0 radical (unpaired) electrons. The van der Waals surface area contributed by atoms with E-state index < -0.39 is 17.7 Å². The van der Waals surface area contributed by atoms with Gasteiger partial charge in [0.05, 0.1) is 18.7 Å². The molecule has 1 amide bonds. The SMILES string of the molecule is O=C(c1ccc(F)cc1)c1ccc(OC(=O)C2CC(=O)N(Cc3ccco3)C2)cc1. The fourth-order valence-electron chi connectivity index (χ4n) is 3.32. The number of carbonyl (C=O) groups excluding carboxylic acids is 3. The monoisotopic (exact) mass is 407 g/mol. The van der Waals surface area contributed by atoms with Crippen LogP contribution < -0.4 is 4.74 Å². The van der Waals surface area contributed by atoms with Gasteiger partial charge in [-0.2, -0.15) is 0 Å². The van der Waals surface area contributed by atoms with Crippen LogP contribution in [0.15, 0.2) is 71.3 Å². The molecule has 1 atom stereocenters. The van der Waals surface area contributed by atoms with Gasteiger partial charge in [0, 0.05) is 24.1 Å². The molecule has 1 aliphatic heterocycles. The predicted octanol–water partition coefficient (Wildman–Crippen LogP) is 3.60. The van der Waals surface area contributed by atoms with Crippen molar-refractivity contribution in [2.45, 2.75) is 13.0 Å². The summed E-state index contributed by atoms with van der Waals surface area (Å²) < 4.78 is 23.6. The molecule has 0 bridgehead atoms. The van der Waals surface area contributed by atoms with Crippen molar-refractivity contribution in [2.75, 3.05) is 6.54 Å². The Morgan fingerprint density at radius 2 is 1.70 bits per heavy atom. The molecule has 2 heterocycles. The number of ether oxygens (including phenoxy) is 1. The summed E-state index contributed by atoms with van der Waals surface area (Å²) in [5.74, 6) is -0.930. The average molecular weight is 407 g/mol. The quantitative estimate of drug-likeness (QED) is 0.355. The van der Waals surface area contributed by atoms with E-state index in [1.165, 1.54) is 54.8 Å². The minimum absolute atomic E-state index is 0.0840. The first-order chi connectivity index (χ1) is 14.5. The zero-order valence-corrected chi connectivity index (χ0v) is 15.9. The first-order valence-electron chi connectivity index (χ1n) is 9.42. The molecule has 7 heteroatoms. The van der Waals surface area contributed by atoms with Gasteiger partial charge in [0.1, 0.15) is 17.3 Å². The van der Waals surface area contributed by atoms with Gasteiger partial charge in [0.2, 0.25) is 5.91 Å². The zero-order valence-electron chi connectivity index (χ0n) is 15.9. The smallest absolute Gasteiger partial charge is 0.316 e. The molecule has 0 aliphatic carbocycles. The van der Waals surface area contributed by atoms with Gasteiger partial charge in [-0.1, -0.05) is 0 Å². The average Bonchev–Trinajstić information content (AvgIpc) is 3.39. The Labute approximate surface area is 171 Å². The highest BCUT2D eigenvalue weighted by Crippen LogP contribution is 2.23. The first-order valence-corrected chi connectivity index (χ1v) is 9.42. The highest BCUT2D eigenvalue weighted by molar-refractivity contribution is 6.09. The summed E-state index contributed by atoms with van der Waals surface area (Å²) in [6.07, 6.45) is 1.62. The standard InChI is InChI=1S/C23H18FNO5/c24-18-7-3-15(4-8-18)22(27)16-5-9-19(10-6-16)30-23(28)17-12-21(26)25(13-17)14-20-2-1-11-29-20/h1-11,17H,12-14H2. The number of esters is 1. The molecule has 30 heavy (non-hydrogen) atoms. The third-order valence-corrected chi connectivity index (χ3v) is 4.92. The lowest BCUT2D eigenvalue weighted by molar-refractivity contribution is -0.139. The third-order valence-electron chi connectivity index (χ3n) is 4.92. The van der Waals surface area contributed by atoms with E-state index >= 15 is 0 Å². The molecule has 6 nitrogen and oxygen atoms in total. The van der Waals surface area contributed by atoms with Crippen LogP contribution in [0.25, 0.3) is 0 Å². The van der Waals surface area contributed by atoms with E-state index in [2.05, 4.69) is 0 Å². The molecule has 1 aromatic heterocycles. The largest absolute Gasteiger partial charge is 0.467 e. The van der Waals surface area contributed by atoms with Gasteiger partial charge in [0.25, 0.3) is 0 Å². The van der Waals surface area contributed by atoms with E-state index in [1.54, 1.807) is 17.0 Å². The van der Waals surface area contributed by atoms with Crippen LogP contribution in [-0.2, 0) is 16.1 Å². The molecule has 0 saturated carbocycles. The van der Waals surface area contributed by atoms with E-state index in [9.17, 15) is 18.8 Å². The number of furan rings is 1. The van der Waals surface area contributed by atoms with Crippen LogP contribution >= 0.6 is 0 Å². The normalized spacial score (nSPS) is 16.0. The van der Waals surface area contributed by atoms with Gasteiger partial charge >= 0.3 is 5.97 Å². The Morgan fingerprint density at radius 1 is 1.03 bits per heavy atom. The van der Waals surface area contributed by atoms with E-state index in [0.29, 0.717) is 23.4 Å². The van der Waals surface area contributed by atoms with E-state index in [4.69, 9.17) is 9.15 Å². The van der Waals surface area contributed by atoms with Gasteiger partial charge in [0.15, 0.2) is 5.78 Å². The summed E-state index contributed by atoms with van der Waals surface area (Å²) >= 11 is 0. The van der Waals surface area contributed by atoms with Crippen molar-refractivity contribution in [1.82, 2.24) is 4.90 Å². The lowest BCUT2D eigenvalue weighted by atomic mass is 10.0. The van der Waals surface area contributed by atoms with Gasteiger partial charge in [-0.15, -0.1) is 0 Å². The van der Waals surface area contributed by atoms with E-state index in [0.717, 1.165) is 0 Å². The number of nitrogens with zero attached hydrogens (tertiary/aromatic N) is 1. The van der Waals surface area contributed by atoms with Crippen molar-refractivity contribution in [2.24, 2.45) is 5.92 Å². The van der Waals surface area contributed by atoms with Crippen LogP contribution in [0.2, 0.25) is 0 Å². The second-order valence-electron chi connectivity index (χ2n) is 7.04. The Morgan fingerprint density at radius 3 is 2.33 bits per heavy atom. The topological polar surface area (TPSA) is 76.8 Å². The van der Waals surface area contributed by atoms with Crippen molar-refractivity contribution < 1.29 is 27.9 Å². The van der Waals surface area contributed by atoms with Crippen molar-refractivity contribution in [3.63, 3.8) is 0 Å². The summed E-state index contributed by atoms with van der Waals surface area (Å²) in [6, 6.07) is 14.9. The third kappa shape index (κ3) is 4.30. The lowest BCUT2D eigenvalue weighted by Gasteiger charge is -2.14. The van der Waals surface area contributed by atoms with Crippen LogP contribution in [0.3, 0.4) is 0 Å². The van der Waals surface area contributed by atoms with Crippen LogP contribution in [0.5, 0.6) is 5.75 Å². The van der Waals surface area contributed by atoms with E-state index in [1.807, 2.05) is 0 Å². The van der Waals surface area contributed by atoms with Crippen LogP contribution in [0.4, 0.5) is 4.39 Å². The molecule has 1 aliphatic rings. The maximum Gasteiger partial charge on any atom is 0.316 e. The summed E-state index contributed by atoms with van der Waals surface area (Å²) in [7, 11) is 0. The molecular weight excluding hydrogens is 389 g/mol. The molecule has 1 fully saturated rings. The Hall–Kier alpha value is -3.74. The van der Waals surface area contributed by atoms with Crippen molar-refractivity contribution >= 4 is 17.7 Å². The molecule has 2 aromatic carbocycles. The van der Waals surface area contributed by atoms with Crippen molar-refractivity contribution in [3.05, 3.63) is 89.6 Å². The van der Waals surface area contributed by atoms with Crippen molar-refractivity contribution in [1.29, 1.82) is 0 Å². The fourth-order valence-corrected chi connectivity index (χ4v) is 3.32. The lowest BCUT2D eigenvalue weighted by Crippen LogP contribution is -2.27. The number of hydrogen-bond donors (Lipinski definition) is 0. The second-order valence-corrected chi connectivity index (χ2v) is 7.04. The van der Waals surface area contributed by atoms with Crippen LogP contribution in [0, 0.1) is 11.7 Å². The molecule has 1 saturated heterocycles. The molecule has 4 rings (SSSR count). The zero-order chi connectivity index (χ0) is 21.1. The Balaban J connectivity index is 1.36. The maximum absolute atomic E-state index is 13.0. The van der Waals surface area contributed by atoms with Crippen molar-refractivity contribution in [3.8, 4) is 5.75 Å². The summed E-state index contributed by atoms with van der Waals surface area (Å²) in [4.78, 5) is 38.6. The van der Waals surface area contributed by atoms with Crippen LogP contribution in [0.1, 0.15) is 28.1 Å². The Bertz CT molecular complexity index is 1060. The number of hydrogen-bond acceptors (Lipinski definition) is 5. The fraction of sp³-hybridized carbons (Fsp3) is 0.174. The second kappa shape index (κ2) is 8.32. The molecular formula is C23H18FNO5. The summed E-state index contributed by atoms with van der Waals surface area (Å²) in [6.45, 7) is 0.579. The number of likely N-dealkylation sites (tertiary alicyclic amines) is 1. The minimum atomic E-state index is -0.562. The number of carbonyl (C=O) groups is 3. The molecule has 0 spiro atoms. The number of halogens is 1. The molecule has 0 N–H and O–H groups in total. The number of rotatable bonds is 6. The number of amides is 1. The number of benzene rings is 2. The summed E-state index contributed by atoms with van der Waals surface area (Å²) in [5.41, 5.74) is 0.754. The Kier molecular flexibility index (Phi) is 5.43. The molecule has 3 aromatic rings. The highest BCUT2D eigenvalue weighted by atomic mass is 19.1. The minimum Gasteiger partial charge on any atom is -0.467 e.